The highest BCUT2D eigenvalue weighted by Gasteiger charge is 2.16. The molecule has 0 aliphatic heterocycles. The third-order valence-electron chi connectivity index (χ3n) is 4.81. The van der Waals surface area contributed by atoms with Crippen LogP contribution in [0, 0.1) is 18.3 Å². The molecule has 0 spiro atoms. The van der Waals surface area contributed by atoms with Crippen molar-refractivity contribution < 1.29 is 5.11 Å². The van der Waals surface area contributed by atoms with E-state index >= 15 is 0 Å². The summed E-state index contributed by atoms with van der Waals surface area (Å²) in [5.41, 5.74) is 5.32. The average Bonchev–Trinajstić information content (AvgIpc) is 3.30. The predicted octanol–water partition coefficient (Wildman–Crippen LogP) is 4.06. The quantitative estimate of drug-likeness (QED) is 0.514. The van der Waals surface area contributed by atoms with Crippen LogP contribution < -0.4 is 0 Å². The van der Waals surface area contributed by atoms with Crippen molar-refractivity contribution in [2.45, 2.75) is 26.8 Å². The topological polar surface area (TPSA) is 116 Å². The summed E-state index contributed by atoms with van der Waals surface area (Å²) in [6, 6.07) is 5.61. The normalized spacial score (nSPS) is 12.8. The van der Waals surface area contributed by atoms with Gasteiger partial charge in [0.1, 0.15) is 11.7 Å². The van der Waals surface area contributed by atoms with Gasteiger partial charge in [-0.3, -0.25) is 14.6 Å². The Hall–Kier alpha value is -3.99. The molecule has 4 aromatic rings. The van der Waals surface area contributed by atoms with E-state index in [0.29, 0.717) is 22.5 Å². The third kappa shape index (κ3) is 3.34. The fourth-order valence-electron chi connectivity index (χ4n) is 3.23. The molecule has 8 heteroatoms. The molecule has 1 atom stereocenters. The molecule has 0 aromatic carbocycles. The van der Waals surface area contributed by atoms with E-state index in [1.54, 1.807) is 42.6 Å². The second-order valence-corrected chi connectivity index (χ2v) is 6.84. The maximum absolute atomic E-state index is 10.5. The van der Waals surface area contributed by atoms with Gasteiger partial charge in [0.25, 0.3) is 0 Å². The summed E-state index contributed by atoms with van der Waals surface area (Å²) in [6.45, 7) is 5.58. The number of fused-ring (bicyclic) bond motifs is 1. The Kier molecular flexibility index (Phi) is 4.56. The lowest BCUT2D eigenvalue weighted by Crippen LogP contribution is -2.01. The SMILES string of the molecule is CC(=Nc1cnn([C@H](C)C#N)c1)c1c(O)[nH]c2cnc(-c3cnccc3C)cc12. The van der Waals surface area contributed by atoms with E-state index in [1.807, 2.05) is 26.0 Å². The van der Waals surface area contributed by atoms with E-state index in [0.717, 1.165) is 22.2 Å². The Morgan fingerprint density at radius 3 is 2.93 bits per heavy atom. The monoisotopic (exact) mass is 385 g/mol. The van der Waals surface area contributed by atoms with Crippen molar-refractivity contribution in [3.63, 3.8) is 0 Å². The highest BCUT2D eigenvalue weighted by atomic mass is 16.3. The van der Waals surface area contributed by atoms with Crippen LogP contribution in [-0.2, 0) is 0 Å². The molecule has 4 heterocycles. The maximum Gasteiger partial charge on any atom is 0.198 e. The molecule has 2 N–H and O–H groups in total. The maximum atomic E-state index is 10.5. The molecule has 0 radical (unpaired) electrons. The number of hydrogen-bond donors (Lipinski definition) is 2. The number of aliphatic imine (C=N–C) groups is 1. The first-order valence-corrected chi connectivity index (χ1v) is 9.09. The van der Waals surface area contributed by atoms with E-state index in [1.165, 1.54) is 0 Å². The number of rotatable bonds is 4. The van der Waals surface area contributed by atoms with Crippen molar-refractivity contribution in [1.29, 1.82) is 5.26 Å². The second kappa shape index (κ2) is 7.20. The minimum Gasteiger partial charge on any atom is -0.494 e. The van der Waals surface area contributed by atoms with Gasteiger partial charge in [-0.15, -0.1) is 0 Å². The molecule has 0 saturated carbocycles. The Morgan fingerprint density at radius 1 is 1.34 bits per heavy atom. The Balaban J connectivity index is 1.80. The number of aromatic amines is 1. The minimum atomic E-state index is -0.378. The van der Waals surface area contributed by atoms with E-state index in [-0.39, 0.29) is 11.9 Å². The number of aromatic hydroxyl groups is 1. The summed E-state index contributed by atoms with van der Waals surface area (Å²) in [5, 5.41) is 24.5. The standard InChI is InChI=1S/C21H19N7O/c1-12-4-5-23-9-17(12)18-6-16-19(10-24-18)27-21(29)20(16)14(3)26-15-8-25-28(11-15)13(2)7-22/h4-6,8-11,13,27,29H,1-3H3/t13-/m1/s1. The highest BCUT2D eigenvalue weighted by Crippen LogP contribution is 2.32. The highest BCUT2D eigenvalue weighted by molar-refractivity contribution is 6.13. The second-order valence-electron chi connectivity index (χ2n) is 6.84. The Labute approximate surface area is 167 Å². The summed E-state index contributed by atoms with van der Waals surface area (Å²) in [6.07, 6.45) is 8.52. The summed E-state index contributed by atoms with van der Waals surface area (Å²) in [7, 11) is 0. The number of hydrogen-bond acceptors (Lipinski definition) is 6. The lowest BCUT2D eigenvalue weighted by Gasteiger charge is -2.05. The number of pyridine rings is 2. The van der Waals surface area contributed by atoms with Crippen LogP contribution >= 0.6 is 0 Å². The molecule has 0 saturated heterocycles. The van der Waals surface area contributed by atoms with Crippen LogP contribution in [0.5, 0.6) is 5.88 Å². The van der Waals surface area contributed by atoms with Crippen molar-refractivity contribution in [3.05, 3.63) is 54.2 Å². The van der Waals surface area contributed by atoms with Crippen LogP contribution in [0.1, 0.15) is 31.0 Å². The van der Waals surface area contributed by atoms with Crippen molar-refractivity contribution in [2.24, 2.45) is 4.99 Å². The molecule has 0 aliphatic rings. The summed E-state index contributed by atoms with van der Waals surface area (Å²) in [4.78, 5) is 16.2. The van der Waals surface area contributed by atoms with Gasteiger partial charge in [0.2, 0.25) is 0 Å². The van der Waals surface area contributed by atoms with Gasteiger partial charge in [0.05, 0.1) is 47.1 Å². The van der Waals surface area contributed by atoms with Crippen molar-refractivity contribution in [3.8, 4) is 23.2 Å². The van der Waals surface area contributed by atoms with Crippen LogP contribution in [0.3, 0.4) is 0 Å². The number of nitriles is 1. The van der Waals surface area contributed by atoms with E-state index < -0.39 is 0 Å². The van der Waals surface area contributed by atoms with Crippen molar-refractivity contribution in [1.82, 2.24) is 24.7 Å². The van der Waals surface area contributed by atoms with Crippen LogP contribution in [-0.4, -0.2) is 35.6 Å². The van der Waals surface area contributed by atoms with Crippen LogP contribution in [0.2, 0.25) is 0 Å². The largest absolute Gasteiger partial charge is 0.494 e. The number of nitrogens with zero attached hydrogens (tertiary/aromatic N) is 6. The van der Waals surface area contributed by atoms with E-state index in [9.17, 15) is 5.11 Å². The van der Waals surface area contributed by atoms with Gasteiger partial charge in [-0.1, -0.05) is 0 Å². The Bertz CT molecular complexity index is 1280. The van der Waals surface area contributed by atoms with Crippen molar-refractivity contribution >= 4 is 22.3 Å². The van der Waals surface area contributed by atoms with Gasteiger partial charge in [-0.05, 0) is 38.5 Å². The molecule has 4 aromatic heterocycles. The summed E-state index contributed by atoms with van der Waals surface area (Å²) < 4.78 is 1.55. The first kappa shape index (κ1) is 18.4. The smallest absolute Gasteiger partial charge is 0.198 e. The number of aryl methyl sites for hydroxylation is 1. The summed E-state index contributed by atoms with van der Waals surface area (Å²) >= 11 is 0. The van der Waals surface area contributed by atoms with Gasteiger partial charge in [-0.25, -0.2) is 4.99 Å². The fourth-order valence-corrected chi connectivity index (χ4v) is 3.23. The summed E-state index contributed by atoms with van der Waals surface area (Å²) in [5.74, 6) is 0.0286. The number of H-pyrrole nitrogens is 1. The van der Waals surface area contributed by atoms with Crippen LogP contribution in [0.4, 0.5) is 5.69 Å². The Morgan fingerprint density at radius 2 is 2.17 bits per heavy atom. The van der Waals surface area contributed by atoms with Crippen molar-refractivity contribution in [2.75, 3.05) is 0 Å². The van der Waals surface area contributed by atoms with Crippen LogP contribution in [0.25, 0.3) is 22.2 Å². The number of aromatic nitrogens is 5. The molecule has 8 nitrogen and oxygen atoms in total. The molecule has 144 valence electrons. The lowest BCUT2D eigenvalue weighted by atomic mass is 10.0. The molecule has 29 heavy (non-hydrogen) atoms. The molecule has 0 fully saturated rings. The third-order valence-corrected chi connectivity index (χ3v) is 4.81. The van der Waals surface area contributed by atoms with Gasteiger partial charge >= 0.3 is 0 Å². The molecule has 4 rings (SSSR count). The minimum absolute atomic E-state index is 0.0286. The molecule has 0 amide bonds. The van der Waals surface area contributed by atoms with Gasteiger partial charge in [-0.2, -0.15) is 10.4 Å². The first-order valence-electron chi connectivity index (χ1n) is 9.09. The van der Waals surface area contributed by atoms with E-state index in [4.69, 9.17) is 5.26 Å². The zero-order valence-corrected chi connectivity index (χ0v) is 16.2. The fraction of sp³-hybridized carbons (Fsp3) is 0.190. The zero-order valence-electron chi connectivity index (χ0n) is 16.2. The first-order chi connectivity index (χ1) is 14.0. The van der Waals surface area contributed by atoms with Gasteiger partial charge < -0.3 is 10.1 Å². The van der Waals surface area contributed by atoms with E-state index in [2.05, 4.69) is 31.1 Å². The van der Waals surface area contributed by atoms with Crippen LogP contribution in [0.15, 0.2) is 48.1 Å². The van der Waals surface area contributed by atoms with Gasteiger partial charge in [0.15, 0.2) is 5.88 Å². The zero-order chi connectivity index (χ0) is 20.5. The molecular formula is C21H19N7O. The molecule has 0 unspecified atom stereocenters. The molecular weight excluding hydrogens is 366 g/mol. The van der Waals surface area contributed by atoms with Gasteiger partial charge in [0, 0.05) is 23.3 Å². The lowest BCUT2D eigenvalue weighted by molar-refractivity contribution is 0.457. The average molecular weight is 385 g/mol. The molecule has 0 bridgehead atoms. The number of nitrogens with one attached hydrogen (secondary N) is 1. The molecule has 0 aliphatic carbocycles. The predicted molar refractivity (Wildman–Crippen MR) is 110 cm³/mol.